The van der Waals surface area contributed by atoms with Crippen LogP contribution in [-0.2, 0) is 18.4 Å². The molecule has 9 nitrogen and oxygen atoms in total. The van der Waals surface area contributed by atoms with E-state index in [9.17, 15) is 4.79 Å². The molecule has 0 saturated carbocycles. The molecule has 3 rings (SSSR count). The summed E-state index contributed by atoms with van der Waals surface area (Å²) in [5, 5.41) is 18.4. The lowest BCUT2D eigenvalue weighted by atomic mass is 10.2. The number of ether oxygens (including phenoxy) is 2. The number of nitrogens with one attached hydrogen (secondary N) is 2. The van der Waals surface area contributed by atoms with Gasteiger partial charge in [0, 0.05) is 31.6 Å². The lowest BCUT2D eigenvalue weighted by Gasteiger charge is -2.15. The molecular formula is C21H25BrN6O3S. The number of hydrogen-bond acceptors (Lipinski definition) is 8. The molecule has 0 fully saturated rings. The fourth-order valence-corrected chi connectivity index (χ4v) is 4.13. The van der Waals surface area contributed by atoms with Crippen molar-refractivity contribution in [2.45, 2.75) is 18.6 Å². The van der Waals surface area contributed by atoms with Gasteiger partial charge < -0.3 is 20.1 Å². The van der Waals surface area contributed by atoms with E-state index in [1.54, 1.807) is 23.6 Å². The molecule has 0 unspecified atom stereocenters. The van der Waals surface area contributed by atoms with Crippen LogP contribution in [0.5, 0.6) is 11.5 Å². The van der Waals surface area contributed by atoms with Crippen LogP contribution in [0.1, 0.15) is 11.1 Å². The highest BCUT2D eigenvalue weighted by atomic mass is 79.9. The Morgan fingerprint density at radius 1 is 1.25 bits per heavy atom. The zero-order valence-electron chi connectivity index (χ0n) is 18.1. The van der Waals surface area contributed by atoms with E-state index in [0.717, 1.165) is 38.7 Å². The van der Waals surface area contributed by atoms with Gasteiger partial charge in [-0.05, 0) is 63.1 Å². The third kappa shape index (κ3) is 6.94. The van der Waals surface area contributed by atoms with Gasteiger partial charge in [0.15, 0.2) is 18.1 Å². The Morgan fingerprint density at radius 2 is 2.03 bits per heavy atom. The van der Waals surface area contributed by atoms with Crippen molar-refractivity contribution >= 4 is 39.3 Å². The van der Waals surface area contributed by atoms with Crippen LogP contribution < -0.4 is 20.1 Å². The van der Waals surface area contributed by atoms with Crippen molar-refractivity contribution in [3.8, 4) is 11.5 Å². The van der Waals surface area contributed by atoms with Crippen molar-refractivity contribution in [3.05, 3.63) is 52.0 Å². The van der Waals surface area contributed by atoms with Gasteiger partial charge >= 0.3 is 0 Å². The van der Waals surface area contributed by atoms with Gasteiger partial charge in [-0.25, -0.2) is 4.68 Å². The monoisotopic (exact) mass is 520 g/mol. The molecular weight excluding hydrogens is 496 g/mol. The number of rotatable bonds is 11. The Hall–Kier alpha value is -2.63. The number of carbonyl (C=O) groups excluding carboxylic acids is 1. The summed E-state index contributed by atoms with van der Waals surface area (Å²) in [7, 11) is 3.39. The predicted molar refractivity (Wildman–Crippen MR) is 127 cm³/mol. The molecule has 11 heteroatoms. The Kier molecular flexibility index (Phi) is 8.89. The van der Waals surface area contributed by atoms with Gasteiger partial charge in [-0.1, -0.05) is 29.5 Å². The topological polar surface area (TPSA) is 103 Å². The minimum Gasteiger partial charge on any atom is -0.493 e. The summed E-state index contributed by atoms with van der Waals surface area (Å²) in [5.41, 5.74) is 2.88. The third-order valence-corrected chi connectivity index (χ3v) is 5.99. The number of carbonyl (C=O) groups is 1. The largest absolute Gasteiger partial charge is 0.493 e. The lowest BCUT2D eigenvalue weighted by Crippen LogP contribution is -2.20. The van der Waals surface area contributed by atoms with Crippen molar-refractivity contribution in [2.75, 3.05) is 31.3 Å². The van der Waals surface area contributed by atoms with E-state index < -0.39 is 0 Å². The molecule has 0 atom stereocenters. The minimum atomic E-state index is -0.246. The molecule has 1 aromatic heterocycles. The normalized spacial score (nSPS) is 10.8. The standard InChI is InChI=1S/C21H25BrN6O3S/c1-14-4-6-16(7-5-14)24-19(29)13-31-20-17(22)10-15(11-18(20)30-3)12-23-8-9-32-21-25-26-27-28(21)2/h4-7,10-11,23H,8-9,12-13H2,1-3H3,(H,24,29). The van der Waals surface area contributed by atoms with Gasteiger partial charge in [-0.2, -0.15) is 0 Å². The summed E-state index contributed by atoms with van der Waals surface area (Å²) in [6, 6.07) is 11.4. The van der Waals surface area contributed by atoms with Gasteiger partial charge in [0.25, 0.3) is 5.91 Å². The zero-order valence-corrected chi connectivity index (χ0v) is 20.5. The number of amides is 1. The smallest absolute Gasteiger partial charge is 0.262 e. The quantitative estimate of drug-likeness (QED) is 0.293. The third-order valence-electron chi connectivity index (χ3n) is 4.39. The molecule has 32 heavy (non-hydrogen) atoms. The van der Waals surface area contributed by atoms with Gasteiger partial charge in [-0.15, -0.1) is 5.10 Å². The number of hydrogen-bond donors (Lipinski definition) is 2. The van der Waals surface area contributed by atoms with E-state index in [1.807, 2.05) is 50.4 Å². The second kappa shape index (κ2) is 11.8. The molecule has 0 spiro atoms. The maximum absolute atomic E-state index is 12.2. The molecule has 2 aromatic carbocycles. The molecule has 0 aliphatic carbocycles. The molecule has 0 radical (unpaired) electrons. The van der Waals surface area contributed by atoms with Crippen molar-refractivity contribution in [2.24, 2.45) is 7.05 Å². The molecule has 1 heterocycles. The van der Waals surface area contributed by atoms with Gasteiger partial charge in [0.1, 0.15) is 0 Å². The van der Waals surface area contributed by atoms with Crippen molar-refractivity contribution < 1.29 is 14.3 Å². The Balaban J connectivity index is 1.49. The highest BCUT2D eigenvalue weighted by molar-refractivity contribution is 9.10. The van der Waals surface area contributed by atoms with E-state index in [-0.39, 0.29) is 12.5 Å². The highest BCUT2D eigenvalue weighted by Crippen LogP contribution is 2.36. The van der Waals surface area contributed by atoms with Crippen LogP contribution in [0.4, 0.5) is 5.69 Å². The number of benzene rings is 2. The number of aromatic nitrogens is 4. The van der Waals surface area contributed by atoms with E-state index in [4.69, 9.17) is 9.47 Å². The number of thioether (sulfide) groups is 1. The van der Waals surface area contributed by atoms with Crippen LogP contribution >= 0.6 is 27.7 Å². The summed E-state index contributed by atoms with van der Waals surface area (Å²) >= 11 is 5.11. The second-order valence-electron chi connectivity index (χ2n) is 6.92. The van der Waals surface area contributed by atoms with Crippen LogP contribution in [0.25, 0.3) is 0 Å². The molecule has 0 saturated heterocycles. The summed E-state index contributed by atoms with van der Waals surface area (Å²) in [4.78, 5) is 12.2. The van der Waals surface area contributed by atoms with Gasteiger partial charge in [0.2, 0.25) is 5.16 Å². The number of aryl methyl sites for hydroxylation is 2. The van der Waals surface area contributed by atoms with Crippen molar-refractivity contribution in [1.29, 1.82) is 0 Å². The van der Waals surface area contributed by atoms with E-state index >= 15 is 0 Å². The van der Waals surface area contributed by atoms with E-state index in [2.05, 4.69) is 42.1 Å². The molecule has 1 amide bonds. The van der Waals surface area contributed by atoms with Crippen LogP contribution in [0.3, 0.4) is 0 Å². The van der Waals surface area contributed by atoms with E-state index in [0.29, 0.717) is 18.0 Å². The first-order valence-corrected chi connectivity index (χ1v) is 11.7. The Bertz CT molecular complexity index is 1040. The Labute approximate surface area is 199 Å². The molecule has 0 aliphatic rings. The number of nitrogens with zero attached hydrogens (tertiary/aromatic N) is 4. The van der Waals surface area contributed by atoms with Gasteiger partial charge in [0.05, 0.1) is 11.6 Å². The maximum Gasteiger partial charge on any atom is 0.262 e. The van der Waals surface area contributed by atoms with Crippen molar-refractivity contribution in [3.63, 3.8) is 0 Å². The molecule has 0 aliphatic heterocycles. The summed E-state index contributed by atoms with van der Waals surface area (Å²) in [6.07, 6.45) is 0. The first kappa shape index (κ1) is 24.0. The zero-order chi connectivity index (χ0) is 22.9. The predicted octanol–water partition coefficient (Wildman–Crippen LogP) is 3.19. The summed E-state index contributed by atoms with van der Waals surface area (Å²) < 4.78 is 13.6. The fourth-order valence-electron chi connectivity index (χ4n) is 2.78. The lowest BCUT2D eigenvalue weighted by molar-refractivity contribution is -0.118. The molecule has 0 bridgehead atoms. The average Bonchev–Trinajstić information content (AvgIpc) is 3.18. The van der Waals surface area contributed by atoms with Crippen LogP contribution in [0.15, 0.2) is 46.0 Å². The fraction of sp³-hybridized carbons (Fsp3) is 0.333. The molecule has 170 valence electrons. The van der Waals surface area contributed by atoms with Crippen molar-refractivity contribution in [1.82, 2.24) is 25.5 Å². The van der Waals surface area contributed by atoms with Crippen LogP contribution in [0, 0.1) is 6.92 Å². The summed E-state index contributed by atoms with van der Waals surface area (Å²) in [6.45, 7) is 3.30. The minimum absolute atomic E-state index is 0.130. The molecule has 3 aromatic rings. The highest BCUT2D eigenvalue weighted by Gasteiger charge is 2.14. The Morgan fingerprint density at radius 3 is 2.72 bits per heavy atom. The first-order valence-electron chi connectivity index (χ1n) is 9.88. The summed E-state index contributed by atoms with van der Waals surface area (Å²) in [5.74, 6) is 1.63. The van der Waals surface area contributed by atoms with Crippen LogP contribution in [-0.4, -0.2) is 52.1 Å². The van der Waals surface area contributed by atoms with E-state index in [1.165, 1.54) is 0 Å². The van der Waals surface area contributed by atoms with Gasteiger partial charge in [-0.3, -0.25) is 4.79 Å². The maximum atomic E-state index is 12.2. The SMILES string of the molecule is COc1cc(CNCCSc2nnnn2C)cc(Br)c1OCC(=O)Nc1ccc(C)cc1. The number of methoxy groups -OCH3 is 1. The number of halogens is 1. The van der Waals surface area contributed by atoms with Crippen LogP contribution in [0.2, 0.25) is 0 Å². The second-order valence-corrected chi connectivity index (χ2v) is 8.84. The first-order chi connectivity index (χ1) is 15.5. The number of tetrazole rings is 1. The number of anilines is 1. The average molecular weight is 521 g/mol. The molecule has 2 N–H and O–H groups in total.